The SMILES string of the molecule is O=Cc1ccc(/C=C/c2cccs2)s1. The third kappa shape index (κ3) is 2.19. The Bertz CT molecular complexity index is 438. The fraction of sp³-hybridized carbons (Fsp3) is 0. The molecule has 2 aromatic rings. The van der Waals surface area contributed by atoms with E-state index in [-0.39, 0.29) is 0 Å². The summed E-state index contributed by atoms with van der Waals surface area (Å²) in [7, 11) is 0. The van der Waals surface area contributed by atoms with Crippen LogP contribution in [0.1, 0.15) is 19.4 Å². The Morgan fingerprint density at radius 3 is 2.43 bits per heavy atom. The lowest BCUT2D eigenvalue weighted by molar-refractivity contribution is 0.112. The largest absolute Gasteiger partial charge is 0.297 e. The van der Waals surface area contributed by atoms with Crippen LogP contribution in [0, 0.1) is 0 Å². The first-order valence-electron chi connectivity index (χ1n) is 4.15. The highest BCUT2D eigenvalue weighted by Gasteiger charge is 1.94. The number of aldehydes is 1. The molecule has 0 saturated carbocycles. The lowest BCUT2D eigenvalue weighted by Gasteiger charge is -1.82. The molecule has 70 valence electrons. The normalized spacial score (nSPS) is 10.9. The Morgan fingerprint density at radius 2 is 1.79 bits per heavy atom. The van der Waals surface area contributed by atoms with Gasteiger partial charge in [0.25, 0.3) is 0 Å². The van der Waals surface area contributed by atoms with E-state index in [9.17, 15) is 4.79 Å². The second kappa shape index (κ2) is 4.35. The number of rotatable bonds is 3. The van der Waals surface area contributed by atoms with Crippen molar-refractivity contribution in [3.05, 3.63) is 44.3 Å². The Labute approximate surface area is 90.3 Å². The van der Waals surface area contributed by atoms with Gasteiger partial charge >= 0.3 is 0 Å². The molecule has 0 aliphatic carbocycles. The van der Waals surface area contributed by atoms with E-state index in [0.717, 1.165) is 16.0 Å². The van der Waals surface area contributed by atoms with Crippen LogP contribution in [0.4, 0.5) is 0 Å². The maximum Gasteiger partial charge on any atom is 0.160 e. The molecule has 2 rings (SSSR count). The molecular weight excluding hydrogens is 212 g/mol. The first-order valence-corrected chi connectivity index (χ1v) is 5.85. The fourth-order valence-electron chi connectivity index (χ4n) is 1.07. The van der Waals surface area contributed by atoms with Gasteiger partial charge in [-0.15, -0.1) is 22.7 Å². The predicted octanol–water partition coefficient (Wildman–Crippen LogP) is 3.79. The molecule has 2 aromatic heterocycles. The van der Waals surface area contributed by atoms with E-state index in [2.05, 4.69) is 12.1 Å². The summed E-state index contributed by atoms with van der Waals surface area (Å²) in [6.45, 7) is 0. The van der Waals surface area contributed by atoms with E-state index in [4.69, 9.17) is 0 Å². The lowest BCUT2D eigenvalue weighted by atomic mass is 10.3. The molecule has 0 fully saturated rings. The van der Waals surface area contributed by atoms with Crippen LogP contribution in [-0.4, -0.2) is 6.29 Å². The Balaban J connectivity index is 2.14. The summed E-state index contributed by atoms with van der Waals surface area (Å²) in [4.78, 5) is 13.6. The second-order valence-electron chi connectivity index (χ2n) is 2.71. The molecule has 0 aliphatic heterocycles. The van der Waals surface area contributed by atoms with Gasteiger partial charge in [0.2, 0.25) is 0 Å². The zero-order valence-corrected chi connectivity index (χ0v) is 8.98. The molecule has 0 radical (unpaired) electrons. The highest BCUT2D eigenvalue weighted by Crippen LogP contribution is 2.19. The molecule has 2 heterocycles. The average molecular weight is 220 g/mol. The van der Waals surface area contributed by atoms with Crippen LogP contribution in [-0.2, 0) is 0 Å². The zero-order chi connectivity index (χ0) is 9.80. The second-order valence-corrected chi connectivity index (χ2v) is 4.83. The number of thiophene rings is 2. The minimum absolute atomic E-state index is 0.774. The summed E-state index contributed by atoms with van der Waals surface area (Å²) in [5.74, 6) is 0. The minimum atomic E-state index is 0.774. The minimum Gasteiger partial charge on any atom is -0.297 e. The van der Waals surface area contributed by atoms with Crippen LogP contribution in [0.5, 0.6) is 0 Å². The van der Waals surface area contributed by atoms with Crippen LogP contribution in [0.15, 0.2) is 29.6 Å². The predicted molar refractivity (Wildman–Crippen MR) is 63.0 cm³/mol. The van der Waals surface area contributed by atoms with Crippen molar-refractivity contribution in [2.75, 3.05) is 0 Å². The van der Waals surface area contributed by atoms with Crippen LogP contribution >= 0.6 is 22.7 Å². The molecule has 3 heteroatoms. The third-order valence-corrected chi connectivity index (χ3v) is 3.53. The standard InChI is InChI=1S/C11H8OS2/c12-8-11-6-5-10(14-11)4-3-9-2-1-7-13-9/h1-8H/b4-3+. The first kappa shape index (κ1) is 9.37. The van der Waals surface area contributed by atoms with Gasteiger partial charge in [0.15, 0.2) is 6.29 Å². The van der Waals surface area contributed by atoms with Crippen LogP contribution in [0.25, 0.3) is 12.2 Å². The van der Waals surface area contributed by atoms with Gasteiger partial charge < -0.3 is 0 Å². The zero-order valence-electron chi connectivity index (χ0n) is 7.34. The molecule has 0 unspecified atom stereocenters. The molecule has 0 saturated heterocycles. The van der Waals surface area contributed by atoms with Crippen molar-refractivity contribution in [1.82, 2.24) is 0 Å². The van der Waals surface area contributed by atoms with Gasteiger partial charge in [-0.3, -0.25) is 4.79 Å². The lowest BCUT2D eigenvalue weighted by Crippen LogP contribution is -1.62. The molecule has 0 amide bonds. The van der Waals surface area contributed by atoms with Crippen molar-refractivity contribution in [1.29, 1.82) is 0 Å². The van der Waals surface area contributed by atoms with Gasteiger partial charge in [-0.1, -0.05) is 6.07 Å². The van der Waals surface area contributed by atoms with Crippen molar-refractivity contribution in [3.8, 4) is 0 Å². The molecular formula is C11H8OS2. The topological polar surface area (TPSA) is 17.1 Å². The summed E-state index contributed by atoms with van der Waals surface area (Å²) in [5, 5.41) is 2.05. The molecule has 0 N–H and O–H groups in total. The van der Waals surface area contributed by atoms with Gasteiger partial charge in [-0.25, -0.2) is 0 Å². The molecule has 14 heavy (non-hydrogen) atoms. The van der Waals surface area contributed by atoms with Crippen LogP contribution in [0.2, 0.25) is 0 Å². The maximum absolute atomic E-state index is 10.4. The van der Waals surface area contributed by atoms with Gasteiger partial charge in [0, 0.05) is 9.75 Å². The highest BCUT2D eigenvalue weighted by atomic mass is 32.1. The Morgan fingerprint density at radius 1 is 1.00 bits per heavy atom. The van der Waals surface area contributed by atoms with E-state index in [1.54, 1.807) is 11.3 Å². The first-order chi connectivity index (χ1) is 6.88. The molecule has 0 spiro atoms. The van der Waals surface area contributed by atoms with Crippen molar-refractivity contribution >= 4 is 41.1 Å². The smallest absolute Gasteiger partial charge is 0.160 e. The third-order valence-electron chi connectivity index (χ3n) is 1.72. The van der Waals surface area contributed by atoms with Crippen LogP contribution in [0.3, 0.4) is 0 Å². The molecule has 0 atom stereocenters. The van der Waals surface area contributed by atoms with Crippen molar-refractivity contribution in [2.45, 2.75) is 0 Å². The number of hydrogen-bond donors (Lipinski definition) is 0. The molecule has 0 aromatic carbocycles. The highest BCUT2D eigenvalue weighted by molar-refractivity contribution is 7.14. The number of carbonyl (C=O) groups excluding carboxylic acids is 1. The van der Waals surface area contributed by atoms with Gasteiger partial charge in [0.1, 0.15) is 0 Å². The fourth-order valence-corrected chi connectivity index (χ4v) is 2.42. The summed E-state index contributed by atoms with van der Waals surface area (Å²) >= 11 is 3.21. The number of carbonyl (C=O) groups is 1. The summed E-state index contributed by atoms with van der Waals surface area (Å²) < 4.78 is 0. The molecule has 0 aliphatic rings. The summed E-state index contributed by atoms with van der Waals surface area (Å²) in [6.07, 6.45) is 4.97. The van der Waals surface area contributed by atoms with E-state index in [1.165, 1.54) is 16.2 Å². The molecule has 1 nitrogen and oxygen atoms in total. The Kier molecular flexibility index (Phi) is 2.91. The summed E-state index contributed by atoms with van der Waals surface area (Å²) in [6, 6.07) is 7.88. The average Bonchev–Trinajstić information content (AvgIpc) is 2.86. The maximum atomic E-state index is 10.4. The molecule has 0 bridgehead atoms. The van der Waals surface area contributed by atoms with Gasteiger partial charge in [-0.05, 0) is 35.7 Å². The Hall–Kier alpha value is -1.19. The van der Waals surface area contributed by atoms with E-state index in [1.807, 2.05) is 29.7 Å². The van der Waals surface area contributed by atoms with E-state index in [0.29, 0.717) is 0 Å². The van der Waals surface area contributed by atoms with Crippen molar-refractivity contribution < 1.29 is 4.79 Å². The van der Waals surface area contributed by atoms with E-state index >= 15 is 0 Å². The quantitative estimate of drug-likeness (QED) is 0.719. The monoisotopic (exact) mass is 220 g/mol. The van der Waals surface area contributed by atoms with Gasteiger partial charge in [0.05, 0.1) is 4.88 Å². The van der Waals surface area contributed by atoms with Crippen molar-refractivity contribution in [2.24, 2.45) is 0 Å². The summed E-state index contributed by atoms with van der Waals surface area (Å²) in [5.41, 5.74) is 0. The van der Waals surface area contributed by atoms with E-state index < -0.39 is 0 Å². The van der Waals surface area contributed by atoms with Gasteiger partial charge in [-0.2, -0.15) is 0 Å². The van der Waals surface area contributed by atoms with Crippen LogP contribution < -0.4 is 0 Å². The number of hydrogen-bond acceptors (Lipinski definition) is 3. The van der Waals surface area contributed by atoms with Crippen molar-refractivity contribution in [3.63, 3.8) is 0 Å².